The fourth-order valence-corrected chi connectivity index (χ4v) is 4.96. The molecule has 4 rings (SSSR count). The molecule has 2 N–H and O–H groups in total. The predicted octanol–water partition coefficient (Wildman–Crippen LogP) is 7.12. The number of hydrogen-bond donors (Lipinski definition) is 2. The molecule has 188 valence electrons. The first kappa shape index (κ1) is 25.6. The zero-order valence-electron chi connectivity index (χ0n) is 20.4. The monoisotopic (exact) mass is 526 g/mol. The number of H-pyrrole nitrogens is 1. The average molecular weight is 527 g/mol. The summed E-state index contributed by atoms with van der Waals surface area (Å²) in [5.41, 5.74) is 3.26. The van der Waals surface area contributed by atoms with Crippen LogP contribution in [0.4, 0.5) is 10.5 Å². The molecule has 0 saturated carbocycles. The first-order chi connectivity index (χ1) is 17.0. The third-order valence-corrected chi connectivity index (χ3v) is 7.28. The summed E-state index contributed by atoms with van der Waals surface area (Å²) in [6, 6.07) is 18.9. The number of aromatic nitrogens is 1. The molecular weight excluding hydrogens is 500 g/mol. The summed E-state index contributed by atoms with van der Waals surface area (Å²) < 4.78 is 39.2. The fraction of sp³-hybridized carbons (Fsp3) is 0.222. The van der Waals surface area contributed by atoms with Gasteiger partial charge in [-0.2, -0.15) is 0 Å². The lowest BCUT2D eigenvalue weighted by Gasteiger charge is -2.19. The van der Waals surface area contributed by atoms with E-state index in [2.05, 4.69) is 30.5 Å². The zero-order valence-corrected chi connectivity index (χ0v) is 22.0. The third kappa shape index (κ3) is 5.50. The van der Waals surface area contributed by atoms with Crippen molar-refractivity contribution < 1.29 is 22.7 Å². The number of carbonyl (C=O) groups is 1. The highest BCUT2D eigenvalue weighted by Gasteiger charge is 2.21. The van der Waals surface area contributed by atoms with Crippen LogP contribution in [0.15, 0.2) is 71.6 Å². The summed E-state index contributed by atoms with van der Waals surface area (Å²) in [6.07, 6.45) is -0.848. The van der Waals surface area contributed by atoms with Gasteiger partial charge >= 0.3 is 6.16 Å². The molecular formula is C27H27ClN2O5S. The SMILES string of the molecule is CCOC(=O)Oc1[nH]c2ccc(NS(=O)(=O)c3ccc(C(C)(C)C)cc3)cc2c1-c1ccc(Cl)cc1. The van der Waals surface area contributed by atoms with Crippen molar-refractivity contribution >= 4 is 44.4 Å². The Balaban J connectivity index is 1.74. The van der Waals surface area contributed by atoms with Crippen LogP contribution in [0, 0.1) is 0 Å². The van der Waals surface area contributed by atoms with E-state index in [-0.39, 0.29) is 22.8 Å². The molecule has 0 aliphatic heterocycles. The van der Waals surface area contributed by atoms with Crippen LogP contribution in [-0.2, 0) is 20.2 Å². The lowest BCUT2D eigenvalue weighted by Crippen LogP contribution is -2.14. The van der Waals surface area contributed by atoms with Crippen LogP contribution in [-0.4, -0.2) is 26.2 Å². The highest BCUT2D eigenvalue weighted by atomic mass is 35.5. The largest absolute Gasteiger partial charge is 0.515 e. The van der Waals surface area contributed by atoms with Crippen molar-refractivity contribution in [2.45, 2.75) is 38.0 Å². The molecule has 0 atom stereocenters. The van der Waals surface area contributed by atoms with E-state index in [0.29, 0.717) is 27.2 Å². The molecule has 36 heavy (non-hydrogen) atoms. The number of benzene rings is 3. The molecule has 0 aliphatic carbocycles. The Hall–Kier alpha value is -3.49. The Bertz CT molecular complexity index is 1500. The van der Waals surface area contributed by atoms with Crippen molar-refractivity contribution in [3.8, 4) is 17.0 Å². The maximum Gasteiger partial charge on any atom is 0.515 e. The maximum atomic E-state index is 13.1. The van der Waals surface area contributed by atoms with Crippen molar-refractivity contribution in [2.24, 2.45) is 0 Å². The number of aromatic amines is 1. The minimum atomic E-state index is -3.83. The molecule has 0 aliphatic rings. The molecule has 0 amide bonds. The number of carbonyl (C=O) groups excluding carboxylic acids is 1. The molecule has 0 spiro atoms. The standard InChI is InChI=1S/C27H27ClN2O5S/c1-5-34-26(31)35-25-24(17-6-10-19(28)11-7-17)22-16-20(12-15-23(22)29-25)30-36(32,33)21-13-8-18(9-14-21)27(2,3)4/h6-16,29-30H,5H2,1-4H3. The van der Waals surface area contributed by atoms with Crippen LogP contribution in [0.25, 0.3) is 22.0 Å². The van der Waals surface area contributed by atoms with Crippen molar-refractivity contribution in [1.29, 1.82) is 0 Å². The van der Waals surface area contributed by atoms with Crippen molar-refractivity contribution in [3.05, 3.63) is 77.3 Å². The molecule has 0 bridgehead atoms. The summed E-state index contributed by atoms with van der Waals surface area (Å²) in [6.45, 7) is 8.05. The van der Waals surface area contributed by atoms with Gasteiger partial charge in [0.1, 0.15) is 0 Å². The van der Waals surface area contributed by atoms with Crippen LogP contribution < -0.4 is 9.46 Å². The first-order valence-corrected chi connectivity index (χ1v) is 13.2. The van der Waals surface area contributed by atoms with Gasteiger partial charge in [-0.25, -0.2) is 13.2 Å². The van der Waals surface area contributed by atoms with Gasteiger partial charge in [0.05, 0.1) is 17.1 Å². The molecule has 1 heterocycles. The van der Waals surface area contributed by atoms with E-state index in [1.807, 2.05) is 12.1 Å². The summed E-state index contributed by atoms with van der Waals surface area (Å²) in [4.78, 5) is 15.3. The van der Waals surface area contributed by atoms with Gasteiger partial charge in [-0.15, -0.1) is 0 Å². The average Bonchev–Trinajstić information content (AvgIpc) is 3.16. The van der Waals surface area contributed by atoms with Gasteiger partial charge in [-0.1, -0.05) is 56.6 Å². The Labute approximate surface area is 215 Å². The molecule has 7 nitrogen and oxygen atoms in total. The van der Waals surface area contributed by atoms with Crippen molar-refractivity contribution in [2.75, 3.05) is 11.3 Å². The van der Waals surface area contributed by atoms with E-state index in [1.54, 1.807) is 61.5 Å². The first-order valence-electron chi connectivity index (χ1n) is 11.4. The van der Waals surface area contributed by atoms with Gasteiger partial charge in [-0.3, -0.25) is 4.72 Å². The Morgan fingerprint density at radius 1 is 1.00 bits per heavy atom. The summed E-state index contributed by atoms with van der Waals surface area (Å²) in [7, 11) is -3.83. The molecule has 0 saturated heterocycles. The quantitative estimate of drug-likeness (QED) is 0.261. The number of sulfonamides is 1. The third-order valence-electron chi connectivity index (χ3n) is 5.63. The second-order valence-electron chi connectivity index (χ2n) is 9.26. The second-order valence-corrected chi connectivity index (χ2v) is 11.4. The molecule has 0 fully saturated rings. The zero-order chi connectivity index (χ0) is 26.1. The minimum Gasteiger partial charge on any atom is -0.434 e. The number of fused-ring (bicyclic) bond motifs is 1. The molecule has 4 aromatic rings. The number of halogens is 1. The van der Waals surface area contributed by atoms with Gasteiger partial charge in [-0.05, 0) is 65.9 Å². The summed E-state index contributed by atoms with van der Waals surface area (Å²) in [5.74, 6) is 0.184. The van der Waals surface area contributed by atoms with E-state index >= 15 is 0 Å². The highest BCUT2D eigenvalue weighted by molar-refractivity contribution is 7.92. The number of ether oxygens (including phenoxy) is 2. The van der Waals surface area contributed by atoms with Crippen LogP contribution in [0.3, 0.4) is 0 Å². The highest BCUT2D eigenvalue weighted by Crippen LogP contribution is 2.39. The topological polar surface area (TPSA) is 97.5 Å². The second kappa shape index (κ2) is 9.87. The molecule has 1 aromatic heterocycles. The Kier molecular flexibility index (Phi) is 7.02. The van der Waals surface area contributed by atoms with Gasteiger partial charge in [0, 0.05) is 21.6 Å². The van der Waals surface area contributed by atoms with Gasteiger partial charge in [0.25, 0.3) is 10.0 Å². The lowest BCUT2D eigenvalue weighted by atomic mass is 9.87. The van der Waals surface area contributed by atoms with E-state index in [1.165, 1.54) is 0 Å². The van der Waals surface area contributed by atoms with Crippen LogP contribution in [0.1, 0.15) is 33.3 Å². The van der Waals surface area contributed by atoms with Gasteiger partial charge in [0.2, 0.25) is 5.88 Å². The van der Waals surface area contributed by atoms with Crippen molar-refractivity contribution in [1.82, 2.24) is 4.98 Å². The van der Waals surface area contributed by atoms with Gasteiger partial charge in [0.15, 0.2) is 0 Å². The number of anilines is 1. The molecule has 9 heteroatoms. The summed E-state index contributed by atoms with van der Waals surface area (Å²) >= 11 is 6.06. The molecule has 0 radical (unpaired) electrons. The number of rotatable bonds is 6. The van der Waals surface area contributed by atoms with E-state index < -0.39 is 16.2 Å². The Morgan fingerprint density at radius 2 is 1.67 bits per heavy atom. The van der Waals surface area contributed by atoms with E-state index in [4.69, 9.17) is 21.1 Å². The summed E-state index contributed by atoms with van der Waals surface area (Å²) in [5, 5.41) is 1.21. The lowest BCUT2D eigenvalue weighted by molar-refractivity contribution is 0.103. The normalized spacial score (nSPS) is 11.9. The molecule has 3 aromatic carbocycles. The van der Waals surface area contributed by atoms with Crippen LogP contribution in [0.5, 0.6) is 5.88 Å². The predicted molar refractivity (Wildman–Crippen MR) is 142 cm³/mol. The van der Waals surface area contributed by atoms with Gasteiger partial charge < -0.3 is 14.5 Å². The maximum absolute atomic E-state index is 13.1. The van der Waals surface area contributed by atoms with E-state index in [0.717, 1.165) is 11.1 Å². The number of nitrogens with one attached hydrogen (secondary N) is 2. The van der Waals surface area contributed by atoms with Crippen LogP contribution in [0.2, 0.25) is 5.02 Å². The van der Waals surface area contributed by atoms with Crippen LogP contribution >= 0.6 is 11.6 Å². The van der Waals surface area contributed by atoms with Crippen molar-refractivity contribution in [3.63, 3.8) is 0 Å². The fourth-order valence-electron chi connectivity index (χ4n) is 3.79. The number of hydrogen-bond acceptors (Lipinski definition) is 5. The van der Waals surface area contributed by atoms with E-state index in [9.17, 15) is 13.2 Å². The Morgan fingerprint density at radius 3 is 2.28 bits per heavy atom. The molecule has 0 unspecified atom stereocenters. The smallest absolute Gasteiger partial charge is 0.434 e. The minimum absolute atomic E-state index is 0.0869.